The molecule has 2 unspecified atom stereocenters. The molecule has 4 nitrogen and oxygen atoms in total. The van der Waals surface area contributed by atoms with E-state index in [1.807, 2.05) is 0 Å². The summed E-state index contributed by atoms with van der Waals surface area (Å²) in [7, 11) is 0. The Morgan fingerprint density at radius 1 is 0.923 bits per heavy atom. The van der Waals surface area contributed by atoms with E-state index in [1.54, 1.807) is 44.2 Å². The fraction of sp³-hybridized carbons (Fsp3) is 0.273. The van der Waals surface area contributed by atoms with Crippen molar-refractivity contribution in [1.29, 1.82) is 0 Å². The molecule has 0 saturated heterocycles. The summed E-state index contributed by atoms with van der Waals surface area (Å²) in [5.74, 6) is -1.06. The van der Waals surface area contributed by atoms with Crippen molar-refractivity contribution in [1.82, 2.24) is 0 Å². The van der Waals surface area contributed by atoms with Crippen molar-refractivity contribution < 1.29 is 19.1 Å². The Labute approximate surface area is 155 Å². The zero-order valence-corrected chi connectivity index (χ0v) is 15.5. The van der Waals surface area contributed by atoms with E-state index in [1.165, 1.54) is 6.07 Å². The maximum absolute atomic E-state index is 12.4. The van der Waals surface area contributed by atoms with Gasteiger partial charge in [-0.3, -0.25) is 0 Å². The maximum Gasteiger partial charge on any atom is 0.338 e. The second-order valence-electron chi connectivity index (χ2n) is 6.11. The molecule has 0 aliphatic carbocycles. The van der Waals surface area contributed by atoms with Gasteiger partial charge < -0.3 is 9.47 Å². The van der Waals surface area contributed by atoms with Crippen LogP contribution in [0.3, 0.4) is 0 Å². The molecule has 1 aromatic carbocycles. The van der Waals surface area contributed by atoms with Crippen LogP contribution >= 0.6 is 0 Å². The first-order valence-electron chi connectivity index (χ1n) is 8.34. The first-order chi connectivity index (χ1) is 12.3. The van der Waals surface area contributed by atoms with Crippen molar-refractivity contribution in [3.8, 4) is 0 Å². The highest BCUT2D eigenvalue weighted by molar-refractivity contribution is 5.95. The van der Waals surface area contributed by atoms with E-state index in [0.717, 1.165) is 11.1 Å². The second-order valence-corrected chi connectivity index (χ2v) is 6.11. The Bertz CT molecular complexity index is 657. The molecule has 0 heterocycles. The number of carbonyl (C=O) groups excluding carboxylic acids is 2. The molecule has 2 atom stereocenters. The lowest BCUT2D eigenvalue weighted by atomic mass is 10.1. The van der Waals surface area contributed by atoms with Gasteiger partial charge in [0, 0.05) is 12.8 Å². The topological polar surface area (TPSA) is 52.6 Å². The Balaban J connectivity index is 2.92. The minimum atomic E-state index is -0.531. The first-order valence-corrected chi connectivity index (χ1v) is 8.34. The first kappa shape index (κ1) is 21.2. The van der Waals surface area contributed by atoms with Crippen molar-refractivity contribution >= 4 is 11.9 Å². The molecule has 1 rings (SSSR count). The highest BCUT2D eigenvalue weighted by atomic mass is 16.5. The van der Waals surface area contributed by atoms with Crippen molar-refractivity contribution in [3.63, 3.8) is 0 Å². The zero-order chi connectivity index (χ0) is 19.7. The Hall–Kier alpha value is -2.88. The normalized spacial score (nSPS) is 12.4. The fourth-order valence-electron chi connectivity index (χ4n) is 2.17. The van der Waals surface area contributed by atoms with E-state index >= 15 is 0 Å². The number of benzene rings is 1. The number of ether oxygens (including phenoxy) is 2. The third-order valence-corrected chi connectivity index (χ3v) is 3.69. The molecule has 1 aromatic rings. The average Bonchev–Trinajstić information content (AvgIpc) is 2.60. The molecule has 0 aromatic heterocycles. The maximum atomic E-state index is 12.4. The van der Waals surface area contributed by atoms with Crippen LogP contribution < -0.4 is 0 Å². The van der Waals surface area contributed by atoms with Gasteiger partial charge in [0.15, 0.2) is 0 Å². The fourth-order valence-corrected chi connectivity index (χ4v) is 2.17. The van der Waals surface area contributed by atoms with Crippen molar-refractivity contribution in [3.05, 3.63) is 85.0 Å². The van der Waals surface area contributed by atoms with Crippen LogP contribution in [0.5, 0.6) is 0 Å². The van der Waals surface area contributed by atoms with Gasteiger partial charge in [-0.2, -0.15) is 0 Å². The molecule has 0 saturated carbocycles. The lowest BCUT2D eigenvalue weighted by Gasteiger charge is -2.17. The van der Waals surface area contributed by atoms with Gasteiger partial charge in [-0.05, 0) is 43.2 Å². The Morgan fingerprint density at radius 3 is 1.62 bits per heavy atom. The van der Waals surface area contributed by atoms with Crippen LogP contribution in [0.1, 0.15) is 47.4 Å². The highest BCUT2D eigenvalue weighted by Crippen LogP contribution is 2.16. The molecule has 4 heteroatoms. The predicted molar refractivity (Wildman–Crippen MR) is 104 cm³/mol. The van der Waals surface area contributed by atoms with Crippen LogP contribution in [0.25, 0.3) is 0 Å². The van der Waals surface area contributed by atoms with Gasteiger partial charge in [-0.15, -0.1) is 13.2 Å². The average molecular weight is 354 g/mol. The summed E-state index contributed by atoms with van der Waals surface area (Å²) in [6.07, 6.45) is 3.39. The summed E-state index contributed by atoms with van der Waals surface area (Å²) in [6, 6.07) is 6.24. The Kier molecular flexibility index (Phi) is 8.29. The SMILES string of the molecule is C=CCC(OC(=O)c1cccc(C(=O)OC(CC=C)C(=C)C)c1)C(=C)C. The molecular weight excluding hydrogens is 328 g/mol. The molecule has 138 valence electrons. The smallest absolute Gasteiger partial charge is 0.338 e. The van der Waals surface area contributed by atoms with Gasteiger partial charge in [0.25, 0.3) is 0 Å². The quantitative estimate of drug-likeness (QED) is 0.436. The molecule has 0 spiro atoms. The van der Waals surface area contributed by atoms with Gasteiger partial charge in [0.05, 0.1) is 11.1 Å². The standard InChI is InChI=1S/C22H26O4/c1-7-10-19(15(3)4)25-21(23)17-12-9-13-18(14-17)22(24)26-20(11-8-2)16(5)6/h7-9,12-14,19-20H,1-3,5,10-11H2,4,6H3. The van der Waals surface area contributed by atoms with Crippen LogP contribution in [-0.4, -0.2) is 24.1 Å². The van der Waals surface area contributed by atoms with E-state index < -0.39 is 24.1 Å². The molecule has 0 fully saturated rings. The lowest BCUT2D eigenvalue weighted by Crippen LogP contribution is -2.20. The lowest BCUT2D eigenvalue weighted by molar-refractivity contribution is 0.0378. The van der Waals surface area contributed by atoms with Crippen LogP contribution in [-0.2, 0) is 9.47 Å². The van der Waals surface area contributed by atoms with Crippen molar-refractivity contribution in [2.75, 3.05) is 0 Å². The Morgan fingerprint density at radius 2 is 1.31 bits per heavy atom. The highest BCUT2D eigenvalue weighted by Gasteiger charge is 2.19. The molecule has 0 aliphatic heterocycles. The van der Waals surface area contributed by atoms with E-state index in [9.17, 15) is 9.59 Å². The van der Waals surface area contributed by atoms with E-state index in [-0.39, 0.29) is 11.1 Å². The summed E-state index contributed by atoms with van der Waals surface area (Å²) in [5, 5.41) is 0. The number of hydrogen-bond donors (Lipinski definition) is 0. The predicted octanol–water partition coefficient (Wildman–Crippen LogP) is 5.04. The number of esters is 2. The summed E-state index contributed by atoms with van der Waals surface area (Å²) in [6.45, 7) is 18.5. The molecular formula is C22H26O4. The molecule has 0 amide bonds. The molecule has 26 heavy (non-hydrogen) atoms. The van der Waals surface area contributed by atoms with Crippen LogP contribution in [0.4, 0.5) is 0 Å². The van der Waals surface area contributed by atoms with Gasteiger partial charge in [0.1, 0.15) is 12.2 Å². The largest absolute Gasteiger partial charge is 0.454 e. The zero-order valence-electron chi connectivity index (χ0n) is 15.5. The molecule has 0 N–H and O–H groups in total. The van der Waals surface area contributed by atoms with Crippen LogP contribution in [0.15, 0.2) is 73.9 Å². The van der Waals surface area contributed by atoms with Crippen LogP contribution in [0.2, 0.25) is 0 Å². The van der Waals surface area contributed by atoms with Crippen molar-refractivity contribution in [2.45, 2.75) is 38.9 Å². The van der Waals surface area contributed by atoms with E-state index in [0.29, 0.717) is 12.8 Å². The molecule has 0 bridgehead atoms. The third kappa shape index (κ3) is 6.20. The summed E-state index contributed by atoms with van der Waals surface area (Å²) >= 11 is 0. The second kappa shape index (κ2) is 10.2. The van der Waals surface area contributed by atoms with Gasteiger partial charge >= 0.3 is 11.9 Å². The number of rotatable bonds is 10. The van der Waals surface area contributed by atoms with Gasteiger partial charge in [0.2, 0.25) is 0 Å². The van der Waals surface area contributed by atoms with E-state index in [4.69, 9.17) is 9.47 Å². The summed E-state index contributed by atoms with van der Waals surface area (Å²) in [4.78, 5) is 24.7. The van der Waals surface area contributed by atoms with E-state index in [2.05, 4.69) is 26.3 Å². The molecule has 0 aliphatic rings. The summed E-state index contributed by atoms with van der Waals surface area (Å²) in [5.41, 5.74) is 1.99. The monoisotopic (exact) mass is 354 g/mol. The van der Waals surface area contributed by atoms with Crippen molar-refractivity contribution in [2.24, 2.45) is 0 Å². The van der Waals surface area contributed by atoms with Gasteiger partial charge in [-0.25, -0.2) is 9.59 Å². The minimum absolute atomic E-state index is 0.269. The van der Waals surface area contributed by atoms with Crippen LogP contribution in [0, 0.1) is 0 Å². The number of carbonyl (C=O) groups is 2. The number of hydrogen-bond acceptors (Lipinski definition) is 4. The third-order valence-electron chi connectivity index (χ3n) is 3.69. The minimum Gasteiger partial charge on any atom is -0.454 e. The molecule has 0 radical (unpaired) electrons. The summed E-state index contributed by atoms with van der Waals surface area (Å²) < 4.78 is 10.9. The van der Waals surface area contributed by atoms with Gasteiger partial charge in [-0.1, -0.05) is 31.4 Å².